The van der Waals surface area contributed by atoms with Gasteiger partial charge in [-0.25, -0.2) is 19.7 Å². The van der Waals surface area contributed by atoms with Crippen molar-refractivity contribution in [3.05, 3.63) is 0 Å². The van der Waals surface area contributed by atoms with Crippen LogP contribution in [0.2, 0.25) is 0 Å². The molecular formula is C10H20N4O4. The first-order valence-electron chi connectivity index (χ1n) is 5.88. The largest absolute Gasteiger partial charge is 0.341 e. The van der Waals surface area contributed by atoms with Crippen LogP contribution < -0.4 is 10.6 Å². The molecule has 1 aliphatic rings. The average molecular weight is 260 g/mol. The Balaban J connectivity index is 2.57. The molecule has 4 amide bonds. The van der Waals surface area contributed by atoms with Gasteiger partial charge in [0.25, 0.3) is 0 Å². The van der Waals surface area contributed by atoms with Gasteiger partial charge in [0, 0.05) is 14.1 Å². The zero-order chi connectivity index (χ0) is 13.7. The van der Waals surface area contributed by atoms with Gasteiger partial charge in [0.15, 0.2) is 0 Å². The Labute approximate surface area is 105 Å². The predicted octanol–water partition coefficient (Wildman–Crippen LogP) is 0.359. The van der Waals surface area contributed by atoms with Crippen molar-refractivity contribution in [3.63, 3.8) is 0 Å². The fourth-order valence-electron chi connectivity index (χ4n) is 1.98. The number of hydroxylamine groups is 4. The molecule has 0 saturated heterocycles. The average Bonchev–Trinajstić information content (AvgIpc) is 2.31. The minimum absolute atomic E-state index is 0.246. The summed E-state index contributed by atoms with van der Waals surface area (Å²) >= 11 is 0. The third-order valence-electron chi connectivity index (χ3n) is 2.97. The minimum atomic E-state index is -0.612. The topological polar surface area (TPSA) is 105 Å². The lowest BCUT2D eigenvalue weighted by atomic mass is 9.90. The number of urea groups is 2. The summed E-state index contributed by atoms with van der Waals surface area (Å²) in [6.07, 6.45) is 3.34. The molecule has 2 atom stereocenters. The molecule has 0 aromatic rings. The van der Waals surface area contributed by atoms with Crippen molar-refractivity contribution >= 4 is 12.1 Å². The fraction of sp³-hybridized carbons (Fsp3) is 0.800. The zero-order valence-electron chi connectivity index (χ0n) is 10.6. The molecule has 0 spiro atoms. The van der Waals surface area contributed by atoms with E-state index in [0.29, 0.717) is 10.1 Å². The molecule has 0 unspecified atom stereocenters. The highest BCUT2D eigenvalue weighted by Gasteiger charge is 2.29. The number of hydrogen-bond donors (Lipinski definition) is 4. The Morgan fingerprint density at radius 3 is 1.56 bits per heavy atom. The highest BCUT2D eigenvalue weighted by atomic mass is 16.5. The van der Waals surface area contributed by atoms with Gasteiger partial charge in [0.1, 0.15) is 0 Å². The van der Waals surface area contributed by atoms with Gasteiger partial charge in [-0.2, -0.15) is 0 Å². The molecule has 0 radical (unpaired) electrons. The molecule has 1 fully saturated rings. The van der Waals surface area contributed by atoms with Crippen LogP contribution in [0, 0.1) is 0 Å². The van der Waals surface area contributed by atoms with Crippen LogP contribution in [-0.4, -0.2) is 58.8 Å². The SMILES string of the molecule is CN(O)C(=O)N[C@@H]1CCCC[C@H]1NC(=O)N(C)O. The van der Waals surface area contributed by atoms with Crippen LogP contribution in [-0.2, 0) is 0 Å². The van der Waals surface area contributed by atoms with E-state index in [1.165, 1.54) is 14.1 Å². The van der Waals surface area contributed by atoms with Crippen molar-refractivity contribution in [1.29, 1.82) is 0 Å². The Morgan fingerprint density at radius 1 is 0.944 bits per heavy atom. The van der Waals surface area contributed by atoms with E-state index in [1.807, 2.05) is 0 Å². The van der Waals surface area contributed by atoms with E-state index in [9.17, 15) is 9.59 Å². The molecule has 8 nitrogen and oxygen atoms in total. The van der Waals surface area contributed by atoms with Crippen LogP contribution >= 0.6 is 0 Å². The standard InChI is InChI=1S/C10H20N4O4/c1-13(17)9(15)11-7-5-3-4-6-8(7)12-10(16)14(2)18/h7-8,17-18H,3-6H2,1-2H3,(H,11,15)(H,12,16)/t7-,8-/m1/s1. The second kappa shape index (κ2) is 6.41. The molecule has 0 aliphatic heterocycles. The lowest BCUT2D eigenvalue weighted by Gasteiger charge is -2.33. The van der Waals surface area contributed by atoms with Gasteiger partial charge in [-0.3, -0.25) is 10.4 Å². The summed E-state index contributed by atoms with van der Waals surface area (Å²) in [5.74, 6) is 0. The Bertz CT molecular complexity index is 278. The highest BCUT2D eigenvalue weighted by Crippen LogP contribution is 2.19. The van der Waals surface area contributed by atoms with E-state index in [2.05, 4.69) is 10.6 Å². The van der Waals surface area contributed by atoms with E-state index in [4.69, 9.17) is 10.4 Å². The van der Waals surface area contributed by atoms with Gasteiger partial charge in [0.05, 0.1) is 12.1 Å². The van der Waals surface area contributed by atoms with E-state index < -0.39 is 12.1 Å². The zero-order valence-corrected chi connectivity index (χ0v) is 10.6. The van der Waals surface area contributed by atoms with Crippen LogP contribution in [0.25, 0.3) is 0 Å². The quantitative estimate of drug-likeness (QED) is 0.425. The van der Waals surface area contributed by atoms with Gasteiger partial charge in [-0.1, -0.05) is 12.8 Å². The summed E-state index contributed by atoms with van der Waals surface area (Å²) in [5.41, 5.74) is 0. The monoisotopic (exact) mass is 260 g/mol. The van der Waals surface area contributed by atoms with Crippen LogP contribution in [0.1, 0.15) is 25.7 Å². The van der Waals surface area contributed by atoms with Crippen molar-refractivity contribution in [1.82, 2.24) is 20.8 Å². The molecule has 0 aromatic heterocycles. The van der Waals surface area contributed by atoms with Crippen LogP contribution in [0.5, 0.6) is 0 Å². The molecule has 18 heavy (non-hydrogen) atoms. The number of nitrogens with zero attached hydrogens (tertiary/aromatic N) is 2. The van der Waals surface area contributed by atoms with E-state index in [1.54, 1.807) is 0 Å². The molecule has 1 aliphatic carbocycles. The van der Waals surface area contributed by atoms with E-state index in [-0.39, 0.29) is 12.1 Å². The van der Waals surface area contributed by atoms with Crippen molar-refractivity contribution in [2.45, 2.75) is 37.8 Å². The van der Waals surface area contributed by atoms with Gasteiger partial charge in [0.2, 0.25) is 0 Å². The summed E-state index contributed by atoms with van der Waals surface area (Å²) < 4.78 is 0. The molecule has 4 N–H and O–H groups in total. The molecule has 1 rings (SSSR count). The van der Waals surface area contributed by atoms with Gasteiger partial charge >= 0.3 is 12.1 Å². The summed E-state index contributed by atoms with van der Waals surface area (Å²) in [5, 5.41) is 24.2. The van der Waals surface area contributed by atoms with Crippen molar-refractivity contribution in [2.75, 3.05) is 14.1 Å². The number of amides is 4. The summed E-state index contributed by atoms with van der Waals surface area (Å²) in [4.78, 5) is 22.7. The number of carbonyl (C=O) groups is 2. The van der Waals surface area contributed by atoms with Gasteiger partial charge in [-0.15, -0.1) is 0 Å². The molecule has 104 valence electrons. The lowest BCUT2D eigenvalue weighted by Crippen LogP contribution is -2.56. The summed E-state index contributed by atoms with van der Waals surface area (Å²) in [6, 6.07) is -1.72. The summed E-state index contributed by atoms with van der Waals surface area (Å²) in [7, 11) is 2.46. The fourth-order valence-corrected chi connectivity index (χ4v) is 1.98. The number of carbonyl (C=O) groups excluding carboxylic acids is 2. The minimum Gasteiger partial charge on any atom is -0.331 e. The first-order chi connectivity index (χ1) is 8.41. The van der Waals surface area contributed by atoms with Crippen molar-refractivity contribution < 1.29 is 20.0 Å². The summed E-state index contributed by atoms with van der Waals surface area (Å²) in [6.45, 7) is 0. The Hall–Kier alpha value is -1.54. The van der Waals surface area contributed by atoms with Crippen molar-refractivity contribution in [3.8, 4) is 0 Å². The molecule has 0 bridgehead atoms. The third kappa shape index (κ3) is 4.04. The number of nitrogens with one attached hydrogen (secondary N) is 2. The first-order valence-corrected chi connectivity index (χ1v) is 5.88. The Morgan fingerprint density at radius 2 is 1.28 bits per heavy atom. The molecular weight excluding hydrogens is 240 g/mol. The van der Waals surface area contributed by atoms with Crippen molar-refractivity contribution in [2.24, 2.45) is 0 Å². The van der Waals surface area contributed by atoms with Crippen LogP contribution in [0.15, 0.2) is 0 Å². The molecule has 1 saturated carbocycles. The number of hydrogen-bond acceptors (Lipinski definition) is 4. The first kappa shape index (κ1) is 14.5. The highest BCUT2D eigenvalue weighted by molar-refractivity contribution is 5.74. The maximum absolute atomic E-state index is 11.4. The second-order valence-corrected chi connectivity index (χ2v) is 4.44. The van der Waals surface area contributed by atoms with E-state index >= 15 is 0 Å². The molecule has 0 heterocycles. The number of rotatable bonds is 2. The molecule has 0 aromatic carbocycles. The maximum Gasteiger partial charge on any atom is 0.341 e. The maximum atomic E-state index is 11.4. The normalized spacial score (nSPS) is 23.1. The third-order valence-corrected chi connectivity index (χ3v) is 2.97. The van der Waals surface area contributed by atoms with Crippen LogP contribution in [0.4, 0.5) is 9.59 Å². The van der Waals surface area contributed by atoms with Gasteiger partial charge in [-0.05, 0) is 12.8 Å². The molecule has 8 heteroatoms. The predicted molar refractivity (Wildman–Crippen MR) is 62.2 cm³/mol. The van der Waals surface area contributed by atoms with Gasteiger partial charge < -0.3 is 10.6 Å². The Kier molecular flexibility index (Phi) is 5.17. The smallest absolute Gasteiger partial charge is 0.331 e. The van der Waals surface area contributed by atoms with E-state index in [0.717, 1.165) is 25.7 Å². The second-order valence-electron chi connectivity index (χ2n) is 4.44. The lowest BCUT2D eigenvalue weighted by molar-refractivity contribution is -0.0235. The van der Waals surface area contributed by atoms with Crippen LogP contribution in [0.3, 0.4) is 0 Å².